The third kappa shape index (κ3) is 6.33. The highest BCUT2D eigenvalue weighted by atomic mass is 35.5. The lowest BCUT2D eigenvalue weighted by Gasteiger charge is -2.10. The summed E-state index contributed by atoms with van der Waals surface area (Å²) in [6.45, 7) is 3.43. The van der Waals surface area contributed by atoms with Gasteiger partial charge in [-0.1, -0.05) is 23.4 Å². The fraction of sp³-hybridized carbons (Fsp3) is 0.115. The highest BCUT2D eigenvalue weighted by Gasteiger charge is 2.20. The second kappa shape index (κ2) is 11.5. The summed E-state index contributed by atoms with van der Waals surface area (Å²) in [6.07, 6.45) is 1.54. The van der Waals surface area contributed by atoms with Gasteiger partial charge in [-0.2, -0.15) is 0 Å². The van der Waals surface area contributed by atoms with E-state index in [1.54, 1.807) is 55.0 Å². The first kappa shape index (κ1) is 27.4. The van der Waals surface area contributed by atoms with Crippen LogP contribution in [-0.4, -0.2) is 44.8 Å². The molecule has 0 bridgehead atoms. The summed E-state index contributed by atoms with van der Waals surface area (Å²) in [5.74, 6) is 1.35. The molecule has 0 aliphatic heterocycles. The molecular formula is C26H22ClN7O4S2. The van der Waals surface area contributed by atoms with Gasteiger partial charge in [-0.05, 0) is 74.5 Å². The number of benzene rings is 2. The van der Waals surface area contributed by atoms with E-state index in [-0.39, 0.29) is 22.4 Å². The Balaban J connectivity index is 1.26. The van der Waals surface area contributed by atoms with Crippen LogP contribution in [0.15, 0.2) is 87.5 Å². The van der Waals surface area contributed by atoms with Gasteiger partial charge in [0.15, 0.2) is 10.9 Å². The maximum Gasteiger partial charge on any atom is 0.263 e. The Bertz CT molecular complexity index is 1740. The number of rotatable bonds is 9. The molecule has 1 amide bonds. The average molecular weight is 596 g/mol. The van der Waals surface area contributed by atoms with Crippen LogP contribution >= 0.6 is 23.4 Å². The fourth-order valence-corrected chi connectivity index (χ4v) is 5.63. The number of amides is 1. The van der Waals surface area contributed by atoms with Crippen LogP contribution in [0.5, 0.6) is 0 Å². The van der Waals surface area contributed by atoms with Crippen molar-refractivity contribution in [3.63, 3.8) is 0 Å². The molecule has 0 unspecified atom stereocenters. The van der Waals surface area contributed by atoms with Crippen LogP contribution in [0.2, 0.25) is 5.02 Å². The van der Waals surface area contributed by atoms with Crippen molar-refractivity contribution in [3.8, 4) is 17.3 Å². The Kier molecular flexibility index (Phi) is 7.87. The number of sulfonamides is 1. The minimum atomic E-state index is -3.88. The van der Waals surface area contributed by atoms with Crippen LogP contribution in [0.1, 0.15) is 11.5 Å². The SMILES string of the molecule is Cc1cc(NS(=O)(=O)c2ccc(NC(=O)CSc3nnc(-c4ccco4)n3-c3ccc(Cl)cc3)cc2)nc(C)n1. The lowest BCUT2D eigenvalue weighted by atomic mass is 10.3. The van der Waals surface area contributed by atoms with E-state index in [2.05, 4.69) is 30.2 Å². The van der Waals surface area contributed by atoms with Crippen molar-refractivity contribution >= 4 is 50.8 Å². The highest BCUT2D eigenvalue weighted by Crippen LogP contribution is 2.29. The van der Waals surface area contributed by atoms with E-state index < -0.39 is 10.0 Å². The second-order valence-electron chi connectivity index (χ2n) is 8.50. The molecule has 0 saturated heterocycles. The van der Waals surface area contributed by atoms with Crippen LogP contribution in [0.3, 0.4) is 0 Å². The Morgan fingerprint density at radius 1 is 1.02 bits per heavy atom. The molecule has 0 spiro atoms. The van der Waals surface area contributed by atoms with Crippen molar-refractivity contribution in [2.24, 2.45) is 0 Å². The smallest absolute Gasteiger partial charge is 0.263 e. The molecule has 0 fully saturated rings. The molecule has 40 heavy (non-hydrogen) atoms. The van der Waals surface area contributed by atoms with Gasteiger partial charge in [-0.15, -0.1) is 10.2 Å². The topological polar surface area (TPSA) is 145 Å². The zero-order chi connectivity index (χ0) is 28.3. The molecule has 5 aromatic rings. The third-order valence-corrected chi connectivity index (χ3v) is 8.00. The zero-order valence-corrected chi connectivity index (χ0v) is 23.6. The van der Waals surface area contributed by atoms with Crippen molar-refractivity contribution in [3.05, 3.63) is 89.5 Å². The summed E-state index contributed by atoms with van der Waals surface area (Å²) in [5, 5.41) is 12.3. The van der Waals surface area contributed by atoms with Gasteiger partial charge in [-0.25, -0.2) is 18.4 Å². The first-order valence-electron chi connectivity index (χ1n) is 11.8. The van der Waals surface area contributed by atoms with Gasteiger partial charge < -0.3 is 9.73 Å². The number of nitrogens with one attached hydrogen (secondary N) is 2. The molecule has 5 rings (SSSR count). The summed E-state index contributed by atoms with van der Waals surface area (Å²) in [5.41, 5.74) is 1.83. The third-order valence-electron chi connectivity index (χ3n) is 5.45. The molecule has 3 heterocycles. The van der Waals surface area contributed by atoms with E-state index in [1.165, 1.54) is 36.0 Å². The molecule has 11 nitrogen and oxygen atoms in total. The van der Waals surface area contributed by atoms with Gasteiger partial charge in [0.1, 0.15) is 11.6 Å². The number of carbonyl (C=O) groups is 1. The number of thioether (sulfide) groups is 1. The summed E-state index contributed by atoms with van der Waals surface area (Å²) in [7, 11) is -3.88. The van der Waals surface area contributed by atoms with E-state index in [1.807, 2.05) is 12.1 Å². The van der Waals surface area contributed by atoms with Crippen LogP contribution in [0.25, 0.3) is 17.3 Å². The lowest BCUT2D eigenvalue weighted by Crippen LogP contribution is -2.16. The average Bonchev–Trinajstić information content (AvgIpc) is 3.58. The predicted molar refractivity (Wildman–Crippen MR) is 152 cm³/mol. The number of carbonyl (C=O) groups excluding carboxylic acids is 1. The maximum atomic E-state index is 12.8. The monoisotopic (exact) mass is 595 g/mol. The van der Waals surface area contributed by atoms with Gasteiger partial charge in [0.05, 0.1) is 16.9 Å². The number of aryl methyl sites for hydroxylation is 2. The number of furan rings is 1. The molecule has 2 N–H and O–H groups in total. The fourth-order valence-electron chi connectivity index (χ4n) is 3.76. The van der Waals surface area contributed by atoms with E-state index in [0.717, 1.165) is 5.69 Å². The molecule has 0 aliphatic rings. The first-order valence-corrected chi connectivity index (χ1v) is 14.7. The van der Waals surface area contributed by atoms with Gasteiger partial charge >= 0.3 is 0 Å². The van der Waals surface area contributed by atoms with Crippen LogP contribution < -0.4 is 10.0 Å². The number of anilines is 2. The number of aromatic nitrogens is 5. The minimum Gasteiger partial charge on any atom is -0.461 e. The second-order valence-corrected chi connectivity index (χ2v) is 11.6. The quantitative estimate of drug-likeness (QED) is 0.222. The summed E-state index contributed by atoms with van der Waals surface area (Å²) in [6, 6.07) is 18.0. The van der Waals surface area contributed by atoms with Crippen molar-refractivity contribution in [1.82, 2.24) is 24.7 Å². The van der Waals surface area contributed by atoms with Gasteiger partial charge in [0, 0.05) is 28.2 Å². The first-order chi connectivity index (χ1) is 19.2. The molecule has 0 saturated carbocycles. The van der Waals surface area contributed by atoms with Gasteiger partial charge in [0.2, 0.25) is 11.7 Å². The highest BCUT2D eigenvalue weighted by molar-refractivity contribution is 7.99. The van der Waals surface area contributed by atoms with E-state index in [0.29, 0.717) is 39.0 Å². The molecule has 3 aromatic heterocycles. The van der Waals surface area contributed by atoms with Gasteiger partial charge in [-0.3, -0.25) is 14.1 Å². The van der Waals surface area contributed by atoms with Crippen molar-refractivity contribution in [2.75, 3.05) is 15.8 Å². The van der Waals surface area contributed by atoms with Gasteiger partial charge in [0.25, 0.3) is 10.0 Å². The van der Waals surface area contributed by atoms with Crippen molar-refractivity contribution in [1.29, 1.82) is 0 Å². The zero-order valence-electron chi connectivity index (χ0n) is 21.2. The van der Waals surface area contributed by atoms with Crippen LogP contribution in [-0.2, 0) is 14.8 Å². The Labute approximate surface area is 239 Å². The Morgan fingerprint density at radius 2 is 1.77 bits per heavy atom. The molecule has 0 aliphatic carbocycles. The van der Waals surface area contributed by atoms with Crippen molar-refractivity contribution < 1.29 is 17.6 Å². The standard InChI is InChI=1S/C26H22ClN7O4S2/c1-16-14-23(29-17(2)28-16)33-40(36,37)21-11-7-19(8-12-21)30-24(35)15-39-26-32-31-25(22-4-3-13-38-22)34(26)20-9-5-18(27)6-10-20/h3-14H,15H2,1-2H3,(H,30,35)(H,28,29,33). The molecule has 2 aromatic carbocycles. The summed E-state index contributed by atoms with van der Waals surface area (Å²) >= 11 is 7.24. The summed E-state index contributed by atoms with van der Waals surface area (Å²) < 4.78 is 35.3. The number of nitrogens with zero attached hydrogens (tertiary/aromatic N) is 5. The van der Waals surface area contributed by atoms with Crippen molar-refractivity contribution in [2.45, 2.75) is 23.9 Å². The number of halogens is 1. The molecule has 204 valence electrons. The molecular weight excluding hydrogens is 574 g/mol. The summed E-state index contributed by atoms with van der Waals surface area (Å²) in [4.78, 5) is 21.0. The maximum absolute atomic E-state index is 12.8. The molecule has 0 radical (unpaired) electrons. The number of hydrogen-bond donors (Lipinski definition) is 2. The predicted octanol–water partition coefficient (Wildman–Crippen LogP) is 5.12. The minimum absolute atomic E-state index is 0.0234. The largest absolute Gasteiger partial charge is 0.461 e. The van der Waals surface area contributed by atoms with Crippen LogP contribution in [0, 0.1) is 13.8 Å². The van der Waals surface area contributed by atoms with E-state index in [4.69, 9.17) is 16.0 Å². The molecule has 0 atom stereocenters. The Hall–Kier alpha value is -4.20. The van der Waals surface area contributed by atoms with E-state index in [9.17, 15) is 13.2 Å². The molecule has 14 heteroatoms. The lowest BCUT2D eigenvalue weighted by molar-refractivity contribution is -0.113. The normalized spacial score (nSPS) is 11.4. The number of hydrogen-bond acceptors (Lipinski definition) is 9. The van der Waals surface area contributed by atoms with E-state index >= 15 is 0 Å². The van der Waals surface area contributed by atoms with Crippen LogP contribution in [0.4, 0.5) is 11.5 Å². The Morgan fingerprint density at radius 3 is 2.45 bits per heavy atom.